The molecule has 2 aliphatic rings. The first-order valence-corrected chi connectivity index (χ1v) is 7.08. The number of hydrogen-bond acceptors (Lipinski definition) is 2. The van der Waals surface area contributed by atoms with Crippen LogP contribution in [0, 0.1) is 5.92 Å². The molecule has 0 aromatic heterocycles. The van der Waals surface area contributed by atoms with Gasteiger partial charge in [-0.1, -0.05) is 25.0 Å². The second-order valence-electron chi connectivity index (χ2n) is 6.03. The van der Waals surface area contributed by atoms with E-state index in [1.165, 1.54) is 44.3 Å². The molecular formula is C16H23NO. The summed E-state index contributed by atoms with van der Waals surface area (Å²) < 4.78 is 5.40. The first-order valence-electron chi connectivity index (χ1n) is 7.08. The molecule has 1 aliphatic heterocycles. The standard InChI is InChI=1S/C16H23NO/c1-17-11-14-6-3-4-9-16(14,12-17)13-7-5-8-15(10-13)18-2/h5,7-8,10,14H,3-4,6,9,11-12H2,1-2H3/t14-,16+/m0/s1. The number of nitrogens with zero attached hydrogens (tertiary/aromatic N) is 1. The molecule has 0 radical (unpaired) electrons. The van der Waals surface area contributed by atoms with Gasteiger partial charge in [0.05, 0.1) is 7.11 Å². The number of fused-ring (bicyclic) bond motifs is 1. The van der Waals surface area contributed by atoms with Crippen LogP contribution in [0.25, 0.3) is 0 Å². The third kappa shape index (κ3) is 1.83. The minimum Gasteiger partial charge on any atom is -0.497 e. The molecule has 98 valence electrons. The Kier molecular flexibility index (Phi) is 3.06. The maximum atomic E-state index is 5.40. The van der Waals surface area contributed by atoms with Crippen molar-refractivity contribution in [3.05, 3.63) is 29.8 Å². The molecule has 1 heterocycles. The van der Waals surface area contributed by atoms with Gasteiger partial charge in [0, 0.05) is 18.5 Å². The van der Waals surface area contributed by atoms with Gasteiger partial charge < -0.3 is 9.64 Å². The van der Waals surface area contributed by atoms with Gasteiger partial charge in [0.15, 0.2) is 0 Å². The molecule has 1 saturated heterocycles. The molecule has 1 saturated carbocycles. The predicted octanol–water partition coefficient (Wildman–Crippen LogP) is 3.07. The van der Waals surface area contributed by atoms with Crippen LogP contribution < -0.4 is 4.74 Å². The number of methoxy groups -OCH3 is 1. The fourth-order valence-corrected chi connectivity index (χ4v) is 4.11. The molecule has 0 unspecified atom stereocenters. The lowest BCUT2D eigenvalue weighted by Gasteiger charge is -2.39. The normalized spacial score (nSPS) is 32.2. The zero-order valence-electron chi connectivity index (χ0n) is 11.5. The third-order valence-corrected chi connectivity index (χ3v) is 4.94. The highest BCUT2D eigenvalue weighted by Crippen LogP contribution is 2.48. The summed E-state index contributed by atoms with van der Waals surface area (Å²) in [6.07, 6.45) is 5.52. The second kappa shape index (κ2) is 4.58. The van der Waals surface area contributed by atoms with E-state index in [1.54, 1.807) is 7.11 Å². The molecule has 0 N–H and O–H groups in total. The topological polar surface area (TPSA) is 12.5 Å². The van der Waals surface area contributed by atoms with Crippen LogP contribution in [0.3, 0.4) is 0 Å². The molecule has 2 nitrogen and oxygen atoms in total. The summed E-state index contributed by atoms with van der Waals surface area (Å²) >= 11 is 0. The van der Waals surface area contributed by atoms with Gasteiger partial charge in [0.1, 0.15) is 5.75 Å². The maximum Gasteiger partial charge on any atom is 0.119 e. The Balaban J connectivity index is 2.00. The summed E-state index contributed by atoms with van der Waals surface area (Å²) in [5.41, 5.74) is 1.89. The van der Waals surface area contributed by atoms with E-state index < -0.39 is 0 Å². The molecule has 1 aliphatic carbocycles. The molecule has 1 aromatic rings. The Labute approximate surface area is 110 Å². The van der Waals surface area contributed by atoms with E-state index in [0.717, 1.165) is 11.7 Å². The van der Waals surface area contributed by atoms with Gasteiger partial charge >= 0.3 is 0 Å². The van der Waals surface area contributed by atoms with Crippen molar-refractivity contribution < 1.29 is 4.74 Å². The summed E-state index contributed by atoms with van der Waals surface area (Å²) in [6.45, 7) is 2.47. The Morgan fingerprint density at radius 2 is 2.22 bits per heavy atom. The highest BCUT2D eigenvalue weighted by molar-refractivity contribution is 5.36. The molecule has 0 amide bonds. The zero-order valence-corrected chi connectivity index (χ0v) is 11.5. The quantitative estimate of drug-likeness (QED) is 0.794. The van der Waals surface area contributed by atoms with E-state index in [9.17, 15) is 0 Å². The fourth-order valence-electron chi connectivity index (χ4n) is 4.11. The van der Waals surface area contributed by atoms with Gasteiger partial charge in [0.2, 0.25) is 0 Å². The monoisotopic (exact) mass is 245 g/mol. The Morgan fingerprint density at radius 3 is 3.06 bits per heavy atom. The van der Waals surface area contributed by atoms with Crippen LogP contribution in [-0.4, -0.2) is 32.1 Å². The average molecular weight is 245 g/mol. The van der Waals surface area contributed by atoms with E-state index in [4.69, 9.17) is 4.74 Å². The van der Waals surface area contributed by atoms with Crippen LogP contribution in [0.4, 0.5) is 0 Å². The van der Waals surface area contributed by atoms with Gasteiger partial charge in [-0.05, 0) is 43.5 Å². The van der Waals surface area contributed by atoms with E-state index in [1.807, 2.05) is 0 Å². The summed E-state index contributed by atoms with van der Waals surface area (Å²) in [4.78, 5) is 2.51. The van der Waals surface area contributed by atoms with Crippen LogP contribution in [0.15, 0.2) is 24.3 Å². The lowest BCUT2D eigenvalue weighted by Crippen LogP contribution is -2.37. The number of hydrogen-bond donors (Lipinski definition) is 0. The molecule has 1 aromatic carbocycles. The smallest absolute Gasteiger partial charge is 0.119 e. The molecular weight excluding hydrogens is 222 g/mol. The minimum atomic E-state index is 0.390. The molecule has 2 atom stereocenters. The van der Waals surface area contributed by atoms with Crippen LogP contribution in [0.1, 0.15) is 31.2 Å². The molecule has 0 spiro atoms. The highest BCUT2D eigenvalue weighted by Gasteiger charge is 2.47. The first-order chi connectivity index (χ1) is 8.74. The number of ether oxygens (including phenoxy) is 1. The van der Waals surface area contributed by atoms with Crippen molar-refractivity contribution in [3.8, 4) is 5.75 Å². The summed E-state index contributed by atoms with van der Waals surface area (Å²) in [5.74, 6) is 1.84. The largest absolute Gasteiger partial charge is 0.497 e. The predicted molar refractivity (Wildman–Crippen MR) is 74.1 cm³/mol. The number of benzene rings is 1. The van der Waals surface area contributed by atoms with Crippen molar-refractivity contribution in [2.75, 3.05) is 27.2 Å². The van der Waals surface area contributed by atoms with Gasteiger partial charge in [-0.2, -0.15) is 0 Å². The van der Waals surface area contributed by atoms with Crippen molar-refractivity contribution in [2.45, 2.75) is 31.1 Å². The van der Waals surface area contributed by atoms with Crippen molar-refractivity contribution in [2.24, 2.45) is 5.92 Å². The van der Waals surface area contributed by atoms with Crippen LogP contribution in [0.5, 0.6) is 5.75 Å². The number of likely N-dealkylation sites (tertiary alicyclic amines) is 1. The van der Waals surface area contributed by atoms with Crippen LogP contribution >= 0.6 is 0 Å². The second-order valence-corrected chi connectivity index (χ2v) is 6.03. The summed E-state index contributed by atoms with van der Waals surface area (Å²) in [6, 6.07) is 8.76. The van der Waals surface area contributed by atoms with Gasteiger partial charge in [0.25, 0.3) is 0 Å². The van der Waals surface area contributed by atoms with Crippen molar-refractivity contribution in [3.63, 3.8) is 0 Å². The van der Waals surface area contributed by atoms with Gasteiger partial charge in [-0.3, -0.25) is 0 Å². The maximum absolute atomic E-state index is 5.40. The molecule has 2 heteroatoms. The molecule has 3 rings (SSSR count). The Hall–Kier alpha value is -1.02. The van der Waals surface area contributed by atoms with Crippen molar-refractivity contribution in [1.82, 2.24) is 4.90 Å². The minimum absolute atomic E-state index is 0.390. The lowest BCUT2D eigenvalue weighted by molar-refractivity contribution is 0.241. The van der Waals surface area contributed by atoms with E-state index in [2.05, 4.69) is 36.2 Å². The van der Waals surface area contributed by atoms with E-state index >= 15 is 0 Å². The van der Waals surface area contributed by atoms with Gasteiger partial charge in [-0.25, -0.2) is 0 Å². The number of rotatable bonds is 2. The fraction of sp³-hybridized carbons (Fsp3) is 0.625. The number of likely N-dealkylation sites (N-methyl/N-ethyl adjacent to an activating group) is 1. The Morgan fingerprint density at radius 1 is 1.33 bits per heavy atom. The van der Waals surface area contributed by atoms with Crippen LogP contribution in [-0.2, 0) is 5.41 Å². The van der Waals surface area contributed by atoms with E-state index in [0.29, 0.717) is 5.41 Å². The molecule has 2 fully saturated rings. The first kappa shape index (κ1) is 12.0. The summed E-state index contributed by atoms with van der Waals surface area (Å²) in [5, 5.41) is 0. The van der Waals surface area contributed by atoms with E-state index in [-0.39, 0.29) is 0 Å². The highest BCUT2D eigenvalue weighted by atomic mass is 16.5. The van der Waals surface area contributed by atoms with Crippen molar-refractivity contribution >= 4 is 0 Å². The molecule has 0 bridgehead atoms. The average Bonchev–Trinajstić information content (AvgIpc) is 2.76. The Bertz CT molecular complexity index is 431. The third-order valence-electron chi connectivity index (χ3n) is 4.94. The van der Waals surface area contributed by atoms with Gasteiger partial charge in [-0.15, -0.1) is 0 Å². The SMILES string of the molecule is COc1cccc([C@]23CCCC[C@H]2CN(C)C3)c1. The van der Waals surface area contributed by atoms with Crippen molar-refractivity contribution in [1.29, 1.82) is 0 Å². The summed E-state index contributed by atoms with van der Waals surface area (Å²) in [7, 11) is 4.02. The van der Waals surface area contributed by atoms with Crippen LogP contribution in [0.2, 0.25) is 0 Å². The molecule has 18 heavy (non-hydrogen) atoms. The zero-order chi connectivity index (χ0) is 12.6. The lowest BCUT2D eigenvalue weighted by atomic mass is 9.64.